The van der Waals surface area contributed by atoms with Gasteiger partial charge in [-0.05, 0) is 55.4 Å². The van der Waals surface area contributed by atoms with E-state index in [-0.39, 0.29) is 5.91 Å². The topological polar surface area (TPSA) is 57.8 Å². The lowest BCUT2D eigenvalue weighted by Gasteiger charge is -2.16. The number of nitrogens with one attached hydrogen (secondary N) is 2. The number of hydrogen-bond donors (Lipinski definition) is 2. The van der Waals surface area contributed by atoms with E-state index in [0.29, 0.717) is 6.54 Å². The molecule has 4 heteroatoms. The Hall–Kier alpha value is -2.10. The summed E-state index contributed by atoms with van der Waals surface area (Å²) >= 11 is 0. The zero-order chi connectivity index (χ0) is 14.5. The quantitative estimate of drug-likeness (QED) is 0.829. The number of carbonyl (C=O) groups excluding carboxylic acids is 1. The van der Waals surface area contributed by atoms with Crippen molar-refractivity contribution in [3.8, 4) is 0 Å². The van der Waals surface area contributed by atoms with Crippen LogP contribution in [0.2, 0.25) is 0 Å². The number of aromatic amines is 1. The van der Waals surface area contributed by atoms with Gasteiger partial charge in [0.2, 0.25) is 0 Å². The monoisotopic (exact) mass is 283 g/mol. The van der Waals surface area contributed by atoms with E-state index in [0.717, 1.165) is 37.1 Å². The van der Waals surface area contributed by atoms with Gasteiger partial charge >= 0.3 is 0 Å². The van der Waals surface area contributed by atoms with Gasteiger partial charge in [0.1, 0.15) is 5.82 Å². The van der Waals surface area contributed by atoms with Gasteiger partial charge in [-0.15, -0.1) is 0 Å². The molecule has 0 saturated heterocycles. The van der Waals surface area contributed by atoms with E-state index in [1.54, 1.807) is 6.20 Å². The van der Waals surface area contributed by atoms with Crippen LogP contribution < -0.4 is 5.32 Å². The van der Waals surface area contributed by atoms with Crippen molar-refractivity contribution in [2.75, 3.05) is 6.54 Å². The zero-order valence-electron chi connectivity index (χ0n) is 12.2. The smallest absolute Gasteiger partial charge is 0.251 e. The first-order valence-corrected chi connectivity index (χ1v) is 7.71. The third kappa shape index (κ3) is 3.51. The highest BCUT2D eigenvalue weighted by atomic mass is 16.1. The number of fused-ring (bicyclic) bond motifs is 1. The molecular formula is C17H21N3O. The van der Waals surface area contributed by atoms with E-state index in [1.165, 1.54) is 24.0 Å². The molecular weight excluding hydrogens is 262 g/mol. The maximum atomic E-state index is 12.2. The van der Waals surface area contributed by atoms with Crippen LogP contribution in [0.1, 0.15) is 46.6 Å². The summed E-state index contributed by atoms with van der Waals surface area (Å²) in [6.07, 6.45) is 10.1. The molecule has 2 aromatic rings. The average molecular weight is 283 g/mol. The Morgan fingerprint density at radius 3 is 2.90 bits per heavy atom. The van der Waals surface area contributed by atoms with Crippen molar-refractivity contribution >= 4 is 5.91 Å². The molecule has 1 aliphatic carbocycles. The fourth-order valence-corrected chi connectivity index (χ4v) is 2.87. The lowest BCUT2D eigenvalue weighted by atomic mass is 9.90. The molecule has 1 amide bonds. The van der Waals surface area contributed by atoms with Crippen molar-refractivity contribution in [3.05, 3.63) is 53.1 Å². The van der Waals surface area contributed by atoms with Crippen LogP contribution in [0.5, 0.6) is 0 Å². The third-order valence-corrected chi connectivity index (χ3v) is 4.04. The van der Waals surface area contributed by atoms with Gasteiger partial charge in [0.15, 0.2) is 0 Å². The number of benzene rings is 1. The molecule has 0 spiro atoms. The normalized spacial score (nSPS) is 13.7. The van der Waals surface area contributed by atoms with Crippen LogP contribution in [0.15, 0.2) is 30.6 Å². The number of H-pyrrole nitrogens is 1. The first-order valence-electron chi connectivity index (χ1n) is 7.71. The lowest BCUT2D eigenvalue weighted by molar-refractivity contribution is 0.0953. The molecule has 0 unspecified atom stereocenters. The molecule has 0 radical (unpaired) electrons. The van der Waals surface area contributed by atoms with Crippen molar-refractivity contribution in [2.45, 2.75) is 38.5 Å². The second-order valence-electron chi connectivity index (χ2n) is 5.59. The number of aryl methyl sites for hydroxylation is 3. The number of hydrogen-bond acceptors (Lipinski definition) is 2. The molecule has 1 aliphatic rings. The van der Waals surface area contributed by atoms with Gasteiger partial charge < -0.3 is 10.3 Å². The molecule has 0 atom stereocenters. The maximum Gasteiger partial charge on any atom is 0.251 e. The predicted octanol–water partition coefficient (Wildman–Crippen LogP) is 2.65. The second kappa shape index (κ2) is 6.57. The van der Waals surface area contributed by atoms with Gasteiger partial charge in [-0.25, -0.2) is 4.98 Å². The second-order valence-corrected chi connectivity index (χ2v) is 5.59. The summed E-state index contributed by atoms with van der Waals surface area (Å²) in [6, 6.07) is 6.13. The summed E-state index contributed by atoms with van der Waals surface area (Å²) in [5, 5.41) is 2.99. The number of aromatic nitrogens is 2. The zero-order valence-corrected chi connectivity index (χ0v) is 12.2. The van der Waals surface area contributed by atoms with Crippen LogP contribution >= 0.6 is 0 Å². The Morgan fingerprint density at radius 2 is 2.10 bits per heavy atom. The van der Waals surface area contributed by atoms with E-state index >= 15 is 0 Å². The molecule has 0 aliphatic heterocycles. The largest absolute Gasteiger partial charge is 0.352 e. The highest BCUT2D eigenvalue weighted by molar-refractivity contribution is 5.94. The van der Waals surface area contributed by atoms with E-state index in [4.69, 9.17) is 0 Å². The number of nitrogens with zero attached hydrogens (tertiary/aromatic N) is 1. The summed E-state index contributed by atoms with van der Waals surface area (Å²) in [5.74, 6) is 1.00. The summed E-state index contributed by atoms with van der Waals surface area (Å²) in [5.41, 5.74) is 3.55. The van der Waals surface area contributed by atoms with Crippen LogP contribution in [0.4, 0.5) is 0 Å². The fourth-order valence-electron chi connectivity index (χ4n) is 2.87. The van der Waals surface area contributed by atoms with Crippen molar-refractivity contribution in [2.24, 2.45) is 0 Å². The number of carbonyl (C=O) groups is 1. The van der Waals surface area contributed by atoms with E-state index in [2.05, 4.69) is 27.4 Å². The van der Waals surface area contributed by atoms with Crippen LogP contribution in [0.3, 0.4) is 0 Å². The Labute approximate surface area is 125 Å². The fraction of sp³-hybridized carbons (Fsp3) is 0.412. The van der Waals surface area contributed by atoms with Gasteiger partial charge in [-0.1, -0.05) is 6.07 Å². The van der Waals surface area contributed by atoms with Crippen molar-refractivity contribution in [1.82, 2.24) is 15.3 Å². The van der Waals surface area contributed by atoms with E-state index in [9.17, 15) is 4.79 Å². The first-order chi connectivity index (χ1) is 10.3. The predicted molar refractivity (Wildman–Crippen MR) is 82.3 cm³/mol. The van der Waals surface area contributed by atoms with E-state index in [1.807, 2.05) is 12.3 Å². The number of imidazole rings is 1. The van der Waals surface area contributed by atoms with Gasteiger partial charge in [0.25, 0.3) is 5.91 Å². The summed E-state index contributed by atoms with van der Waals surface area (Å²) in [4.78, 5) is 19.4. The molecule has 4 nitrogen and oxygen atoms in total. The lowest BCUT2D eigenvalue weighted by Crippen LogP contribution is -2.25. The van der Waals surface area contributed by atoms with Gasteiger partial charge in [-0.2, -0.15) is 0 Å². The van der Waals surface area contributed by atoms with Crippen molar-refractivity contribution in [3.63, 3.8) is 0 Å². The molecule has 0 fully saturated rings. The van der Waals surface area contributed by atoms with Crippen LogP contribution in [-0.4, -0.2) is 22.4 Å². The summed E-state index contributed by atoms with van der Waals surface area (Å²) < 4.78 is 0. The molecule has 1 aromatic carbocycles. The molecule has 0 bridgehead atoms. The third-order valence-electron chi connectivity index (χ3n) is 4.04. The molecule has 3 rings (SSSR count). The van der Waals surface area contributed by atoms with Gasteiger partial charge in [-0.3, -0.25) is 4.79 Å². The van der Waals surface area contributed by atoms with Gasteiger partial charge in [0, 0.05) is 30.9 Å². The first kappa shape index (κ1) is 13.9. The molecule has 1 aromatic heterocycles. The average Bonchev–Trinajstić information content (AvgIpc) is 3.04. The van der Waals surface area contributed by atoms with Crippen LogP contribution in [0, 0.1) is 0 Å². The molecule has 110 valence electrons. The maximum absolute atomic E-state index is 12.2. The highest BCUT2D eigenvalue weighted by Gasteiger charge is 2.12. The number of rotatable bonds is 5. The minimum atomic E-state index is 0.0304. The van der Waals surface area contributed by atoms with Gasteiger partial charge in [0.05, 0.1) is 0 Å². The Kier molecular flexibility index (Phi) is 4.34. The standard InChI is InChI=1S/C17H21N3O/c21-17(20-9-3-6-16-18-10-11-19-16)15-8-7-13-4-1-2-5-14(13)12-15/h7-8,10-12H,1-6,9H2,(H,18,19)(H,20,21). The Bertz CT molecular complexity index is 605. The summed E-state index contributed by atoms with van der Waals surface area (Å²) in [6.45, 7) is 0.677. The molecule has 2 N–H and O–H groups in total. The summed E-state index contributed by atoms with van der Waals surface area (Å²) in [7, 11) is 0. The van der Waals surface area contributed by atoms with Crippen LogP contribution in [-0.2, 0) is 19.3 Å². The molecule has 0 saturated carbocycles. The van der Waals surface area contributed by atoms with E-state index < -0.39 is 0 Å². The minimum absolute atomic E-state index is 0.0304. The minimum Gasteiger partial charge on any atom is -0.352 e. The number of amides is 1. The molecule has 1 heterocycles. The highest BCUT2D eigenvalue weighted by Crippen LogP contribution is 2.22. The van der Waals surface area contributed by atoms with Crippen molar-refractivity contribution < 1.29 is 4.79 Å². The molecule has 21 heavy (non-hydrogen) atoms. The Balaban J connectivity index is 1.51. The SMILES string of the molecule is O=C(NCCCc1ncc[nH]1)c1ccc2c(c1)CCCC2. The van der Waals surface area contributed by atoms with Crippen LogP contribution in [0.25, 0.3) is 0 Å². The Morgan fingerprint density at radius 1 is 1.24 bits per heavy atom. The van der Waals surface area contributed by atoms with Crippen molar-refractivity contribution in [1.29, 1.82) is 0 Å².